The third-order valence-electron chi connectivity index (χ3n) is 2.89. The quantitative estimate of drug-likeness (QED) is 0.497. The normalized spacial score (nSPS) is 18.1. The van der Waals surface area contributed by atoms with E-state index in [9.17, 15) is 20.0 Å². The molecule has 1 aromatic rings. The number of hydrogen-bond acceptors (Lipinski definition) is 6. The van der Waals surface area contributed by atoms with Crippen LogP contribution >= 0.6 is 0 Å². The fourth-order valence-electron chi connectivity index (χ4n) is 1.95. The van der Waals surface area contributed by atoms with Crippen molar-refractivity contribution in [1.82, 2.24) is 5.01 Å². The van der Waals surface area contributed by atoms with Crippen molar-refractivity contribution in [2.75, 3.05) is 7.05 Å². The van der Waals surface area contributed by atoms with Gasteiger partial charge in [-0.2, -0.15) is 5.10 Å². The maximum absolute atomic E-state index is 10.8. The minimum atomic E-state index is -0.707. The number of benzene rings is 1. The van der Waals surface area contributed by atoms with Crippen LogP contribution < -0.4 is 0 Å². The highest BCUT2D eigenvalue weighted by Gasteiger charge is 2.25. The molecular weight excluding hydrogens is 238 g/mol. The van der Waals surface area contributed by atoms with Gasteiger partial charge < -0.3 is 5.11 Å². The first-order chi connectivity index (χ1) is 8.54. The number of nitro groups is 1. The Morgan fingerprint density at radius 2 is 2.33 bits per heavy atom. The molecule has 1 atom stereocenters. The standard InChI is InChI=1S/C11H11N3O4/c1-13-9(2-3-12-13)7-4-8(6-15)11(16)10(5-7)14(17)18/h3-6,9,16H,2H2,1H3. The van der Waals surface area contributed by atoms with E-state index in [0.717, 1.165) is 0 Å². The molecule has 0 bridgehead atoms. The first-order valence-electron chi connectivity index (χ1n) is 5.26. The van der Waals surface area contributed by atoms with Crippen LogP contribution in [0.25, 0.3) is 0 Å². The van der Waals surface area contributed by atoms with Gasteiger partial charge in [-0.15, -0.1) is 0 Å². The monoisotopic (exact) mass is 249 g/mol. The summed E-state index contributed by atoms with van der Waals surface area (Å²) in [5.74, 6) is -0.597. The van der Waals surface area contributed by atoms with Crippen molar-refractivity contribution in [2.24, 2.45) is 5.10 Å². The fraction of sp³-hybridized carbons (Fsp3) is 0.273. The summed E-state index contributed by atoms with van der Waals surface area (Å²) in [6, 6.07) is 2.58. The molecule has 0 saturated carbocycles. The Kier molecular flexibility index (Phi) is 2.97. The number of phenolic OH excluding ortho intramolecular Hbond substituents is 1. The summed E-state index contributed by atoms with van der Waals surface area (Å²) < 4.78 is 0. The Labute approximate surface area is 102 Å². The molecule has 0 fully saturated rings. The molecule has 1 aliphatic rings. The molecule has 1 unspecified atom stereocenters. The van der Waals surface area contributed by atoms with E-state index in [0.29, 0.717) is 18.3 Å². The van der Waals surface area contributed by atoms with Crippen LogP contribution in [0, 0.1) is 10.1 Å². The van der Waals surface area contributed by atoms with Gasteiger partial charge in [0, 0.05) is 25.7 Å². The van der Waals surface area contributed by atoms with E-state index in [1.54, 1.807) is 18.3 Å². The summed E-state index contributed by atoms with van der Waals surface area (Å²) in [5, 5.41) is 26.1. The SMILES string of the molecule is CN1N=CCC1c1cc(C=O)c(O)c([N+](=O)[O-])c1. The smallest absolute Gasteiger partial charge is 0.311 e. The van der Waals surface area contributed by atoms with Crippen molar-refractivity contribution in [2.45, 2.75) is 12.5 Å². The minimum absolute atomic E-state index is 0.0838. The van der Waals surface area contributed by atoms with Gasteiger partial charge in [-0.3, -0.25) is 19.9 Å². The summed E-state index contributed by atoms with van der Waals surface area (Å²) in [4.78, 5) is 20.9. The second-order valence-corrected chi connectivity index (χ2v) is 3.98. The molecule has 0 aliphatic carbocycles. The summed E-state index contributed by atoms with van der Waals surface area (Å²) in [7, 11) is 1.74. The molecule has 0 radical (unpaired) electrons. The number of phenols is 1. The Morgan fingerprint density at radius 3 is 2.83 bits per heavy atom. The van der Waals surface area contributed by atoms with Crippen molar-refractivity contribution >= 4 is 18.2 Å². The van der Waals surface area contributed by atoms with Crippen molar-refractivity contribution in [1.29, 1.82) is 0 Å². The number of aromatic hydroxyl groups is 1. The highest BCUT2D eigenvalue weighted by Crippen LogP contribution is 2.35. The second-order valence-electron chi connectivity index (χ2n) is 3.98. The van der Waals surface area contributed by atoms with Gasteiger partial charge in [0.2, 0.25) is 5.75 Å². The lowest BCUT2D eigenvalue weighted by molar-refractivity contribution is -0.386. The molecule has 7 heteroatoms. The van der Waals surface area contributed by atoms with Gasteiger partial charge in [0.15, 0.2) is 6.29 Å². The summed E-state index contributed by atoms with van der Waals surface area (Å²) >= 11 is 0. The van der Waals surface area contributed by atoms with Crippen molar-refractivity contribution in [3.05, 3.63) is 33.4 Å². The average Bonchev–Trinajstić information content (AvgIpc) is 2.75. The number of carbonyl (C=O) groups is 1. The molecule has 94 valence electrons. The predicted molar refractivity (Wildman–Crippen MR) is 63.8 cm³/mol. The van der Waals surface area contributed by atoms with Crippen LogP contribution in [0.4, 0.5) is 5.69 Å². The zero-order valence-electron chi connectivity index (χ0n) is 9.61. The van der Waals surface area contributed by atoms with Gasteiger partial charge in [0.25, 0.3) is 0 Å². The van der Waals surface area contributed by atoms with E-state index < -0.39 is 16.4 Å². The predicted octanol–water partition coefficient (Wildman–Crippen LogP) is 1.48. The molecular formula is C11H11N3O4. The maximum Gasteiger partial charge on any atom is 0.311 e. The summed E-state index contributed by atoms with van der Waals surface area (Å²) in [6.45, 7) is 0. The molecule has 1 N–H and O–H groups in total. The first-order valence-corrected chi connectivity index (χ1v) is 5.26. The zero-order valence-corrected chi connectivity index (χ0v) is 9.61. The van der Waals surface area contributed by atoms with E-state index in [1.165, 1.54) is 12.1 Å². The highest BCUT2D eigenvalue weighted by atomic mass is 16.6. The molecule has 7 nitrogen and oxygen atoms in total. The van der Waals surface area contributed by atoms with Crippen LogP contribution in [0.15, 0.2) is 17.2 Å². The van der Waals surface area contributed by atoms with Crippen LogP contribution in [0.5, 0.6) is 5.75 Å². The molecule has 1 heterocycles. The van der Waals surface area contributed by atoms with Gasteiger partial charge >= 0.3 is 5.69 Å². The van der Waals surface area contributed by atoms with Crippen molar-refractivity contribution in [3.63, 3.8) is 0 Å². The Bertz CT molecular complexity index is 541. The van der Waals surface area contributed by atoms with Crippen LogP contribution in [-0.4, -0.2) is 34.6 Å². The van der Waals surface area contributed by atoms with E-state index in [1.807, 2.05) is 0 Å². The zero-order chi connectivity index (χ0) is 13.3. The first kappa shape index (κ1) is 12.0. The number of rotatable bonds is 3. The largest absolute Gasteiger partial charge is 0.502 e. The van der Waals surface area contributed by atoms with Crippen molar-refractivity contribution < 1.29 is 14.8 Å². The maximum atomic E-state index is 10.8. The average molecular weight is 249 g/mol. The van der Waals surface area contributed by atoms with E-state index in [4.69, 9.17) is 0 Å². The van der Waals surface area contributed by atoms with Crippen LogP contribution in [0.3, 0.4) is 0 Å². The van der Waals surface area contributed by atoms with Crippen LogP contribution in [-0.2, 0) is 0 Å². The number of carbonyl (C=O) groups excluding carboxylic acids is 1. The Morgan fingerprint density at radius 1 is 1.61 bits per heavy atom. The van der Waals surface area contributed by atoms with Gasteiger partial charge in [-0.1, -0.05) is 0 Å². The third-order valence-corrected chi connectivity index (χ3v) is 2.89. The topological polar surface area (TPSA) is 96.0 Å². The number of aldehydes is 1. The molecule has 0 aromatic heterocycles. The molecule has 18 heavy (non-hydrogen) atoms. The van der Waals surface area contributed by atoms with Gasteiger partial charge in [-0.05, 0) is 11.6 Å². The molecule has 0 amide bonds. The summed E-state index contributed by atoms with van der Waals surface area (Å²) in [5.41, 5.74) is 0.0380. The van der Waals surface area contributed by atoms with Crippen molar-refractivity contribution in [3.8, 4) is 5.75 Å². The molecule has 1 aliphatic heterocycles. The highest BCUT2D eigenvalue weighted by molar-refractivity contribution is 5.82. The van der Waals surface area contributed by atoms with Gasteiger partial charge in [-0.25, -0.2) is 0 Å². The fourth-order valence-corrected chi connectivity index (χ4v) is 1.95. The van der Waals surface area contributed by atoms with E-state index >= 15 is 0 Å². The number of hydrogen-bond donors (Lipinski definition) is 1. The minimum Gasteiger partial charge on any atom is -0.502 e. The number of nitro benzene ring substituents is 1. The van der Waals surface area contributed by atoms with Gasteiger partial charge in [0.1, 0.15) is 0 Å². The lowest BCUT2D eigenvalue weighted by Gasteiger charge is -2.19. The molecule has 0 spiro atoms. The summed E-state index contributed by atoms with van der Waals surface area (Å²) in [6.07, 6.45) is 2.71. The molecule has 1 aromatic carbocycles. The van der Waals surface area contributed by atoms with Gasteiger partial charge in [0.05, 0.1) is 16.5 Å². The second kappa shape index (κ2) is 4.44. The van der Waals surface area contributed by atoms with E-state index in [-0.39, 0.29) is 11.6 Å². The number of hydrazone groups is 1. The lowest BCUT2D eigenvalue weighted by atomic mass is 10.0. The lowest BCUT2D eigenvalue weighted by Crippen LogP contribution is -2.14. The molecule has 0 saturated heterocycles. The third kappa shape index (κ3) is 1.90. The van der Waals surface area contributed by atoms with Crippen LogP contribution in [0.2, 0.25) is 0 Å². The van der Waals surface area contributed by atoms with E-state index in [2.05, 4.69) is 5.10 Å². The molecule has 2 rings (SSSR count). The van der Waals surface area contributed by atoms with Crippen LogP contribution in [0.1, 0.15) is 28.4 Å². The Hall–Kier alpha value is -2.44. The number of nitrogens with zero attached hydrogens (tertiary/aromatic N) is 3. The Balaban J connectivity index is 2.52.